The molecule has 1 aliphatic rings. The van der Waals surface area contributed by atoms with E-state index in [4.69, 9.17) is 4.74 Å². The maximum absolute atomic E-state index is 5.74. The van der Waals surface area contributed by atoms with Gasteiger partial charge in [-0.3, -0.25) is 0 Å². The van der Waals surface area contributed by atoms with Crippen LogP contribution in [0.5, 0.6) is 0 Å². The number of halogens is 2. The second-order valence-electron chi connectivity index (χ2n) is 5.09. The first kappa shape index (κ1) is 14.5. The van der Waals surface area contributed by atoms with Crippen molar-refractivity contribution >= 4 is 31.9 Å². The molecule has 1 nitrogen and oxygen atoms in total. The first-order chi connectivity index (χ1) is 8.80. The quantitative estimate of drug-likeness (QED) is 0.656. The van der Waals surface area contributed by atoms with Gasteiger partial charge >= 0.3 is 0 Å². The van der Waals surface area contributed by atoms with Crippen LogP contribution in [0.15, 0.2) is 30.3 Å². The van der Waals surface area contributed by atoms with Gasteiger partial charge < -0.3 is 4.74 Å². The highest BCUT2D eigenvalue weighted by molar-refractivity contribution is 9.09. The highest BCUT2D eigenvalue weighted by Crippen LogP contribution is 2.35. The lowest BCUT2D eigenvalue weighted by atomic mass is 9.79. The van der Waals surface area contributed by atoms with E-state index < -0.39 is 0 Å². The van der Waals surface area contributed by atoms with E-state index in [1.165, 1.54) is 18.4 Å². The molecule has 100 valence electrons. The van der Waals surface area contributed by atoms with Crippen LogP contribution in [0.4, 0.5) is 0 Å². The molecule has 1 aliphatic heterocycles. The normalized spacial score (nSPS) is 20.2. The molecule has 1 aromatic carbocycles. The molecule has 3 heteroatoms. The number of hydrogen-bond donors (Lipinski definition) is 0. The first-order valence-corrected chi connectivity index (χ1v) is 8.84. The molecule has 1 heterocycles. The standard InChI is InChI=1S/C15H20Br2O/c16-11-15(12-17,13-5-2-1-3-6-13)9-8-14-7-4-10-18-14/h1-3,5-6,14H,4,7-12H2. The third-order valence-corrected chi connectivity index (χ3v) is 6.01. The van der Waals surface area contributed by atoms with Crippen molar-refractivity contribution in [1.82, 2.24) is 0 Å². The van der Waals surface area contributed by atoms with Crippen LogP contribution in [0.2, 0.25) is 0 Å². The molecular formula is C15H20Br2O. The number of benzene rings is 1. The van der Waals surface area contributed by atoms with Crippen molar-refractivity contribution in [3.63, 3.8) is 0 Å². The van der Waals surface area contributed by atoms with Crippen molar-refractivity contribution in [3.8, 4) is 0 Å². The van der Waals surface area contributed by atoms with E-state index in [-0.39, 0.29) is 5.41 Å². The van der Waals surface area contributed by atoms with Crippen molar-refractivity contribution in [2.24, 2.45) is 0 Å². The zero-order valence-electron chi connectivity index (χ0n) is 10.6. The number of rotatable bonds is 6. The minimum atomic E-state index is 0.188. The topological polar surface area (TPSA) is 9.23 Å². The van der Waals surface area contributed by atoms with Crippen LogP contribution < -0.4 is 0 Å². The zero-order valence-corrected chi connectivity index (χ0v) is 13.8. The molecule has 0 aliphatic carbocycles. The summed E-state index contributed by atoms with van der Waals surface area (Å²) < 4.78 is 5.74. The average molecular weight is 376 g/mol. The molecule has 0 saturated carbocycles. The number of hydrogen-bond acceptors (Lipinski definition) is 1. The van der Waals surface area contributed by atoms with Crippen molar-refractivity contribution in [3.05, 3.63) is 35.9 Å². The minimum absolute atomic E-state index is 0.188. The highest BCUT2D eigenvalue weighted by Gasteiger charge is 2.31. The molecule has 2 rings (SSSR count). The summed E-state index contributed by atoms with van der Waals surface area (Å²) in [5, 5.41) is 1.98. The van der Waals surface area contributed by atoms with Gasteiger partial charge in [0.15, 0.2) is 0 Å². The van der Waals surface area contributed by atoms with Gasteiger partial charge in [0.05, 0.1) is 6.10 Å². The molecule has 0 spiro atoms. The van der Waals surface area contributed by atoms with Crippen molar-refractivity contribution in [2.45, 2.75) is 37.2 Å². The van der Waals surface area contributed by atoms with Gasteiger partial charge in [-0.2, -0.15) is 0 Å². The van der Waals surface area contributed by atoms with Crippen molar-refractivity contribution < 1.29 is 4.74 Å². The molecule has 1 saturated heterocycles. The first-order valence-electron chi connectivity index (χ1n) is 6.60. The van der Waals surface area contributed by atoms with Crippen LogP contribution >= 0.6 is 31.9 Å². The molecule has 0 bridgehead atoms. The van der Waals surface area contributed by atoms with Gasteiger partial charge in [0.2, 0.25) is 0 Å². The summed E-state index contributed by atoms with van der Waals surface area (Å²) in [5.41, 5.74) is 1.60. The van der Waals surface area contributed by atoms with Crippen molar-refractivity contribution in [1.29, 1.82) is 0 Å². The smallest absolute Gasteiger partial charge is 0.0576 e. The van der Waals surface area contributed by atoms with Crippen LogP contribution in [0.25, 0.3) is 0 Å². The fourth-order valence-corrected chi connectivity index (χ4v) is 4.71. The largest absolute Gasteiger partial charge is 0.378 e. The molecule has 1 fully saturated rings. The lowest BCUT2D eigenvalue weighted by molar-refractivity contribution is 0.0979. The maximum atomic E-state index is 5.74. The number of alkyl halides is 2. The Kier molecular flexibility index (Phi) is 5.71. The Hall–Kier alpha value is 0.140. The molecule has 0 radical (unpaired) electrons. The van der Waals surface area contributed by atoms with Crippen LogP contribution in [0.3, 0.4) is 0 Å². The van der Waals surface area contributed by atoms with Gasteiger partial charge in [-0.05, 0) is 31.2 Å². The molecule has 0 aromatic heterocycles. The lowest BCUT2D eigenvalue weighted by Gasteiger charge is -2.31. The summed E-state index contributed by atoms with van der Waals surface area (Å²) in [6, 6.07) is 10.8. The lowest BCUT2D eigenvalue weighted by Crippen LogP contribution is -2.31. The van der Waals surface area contributed by atoms with Gasteiger partial charge in [-0.25, -0.2) is 0 Å². The van der Waals surface area contributed by atoms with Crippen LogP contribution in [0.1, 0.15) is 31.2 Å². The Labute approximate surface area is 127 Å². The van der Waals surface area contributed by atoms with Crippen LogP contribution in [-0.4, -0.2) is 23.4 Å². The SMILES string of the molecule is BrCC(CBr)(CCC1CCCO1)c1ccccc1. The zero-order chi connectivity index (χ0) is 12.8. The summed E-state index contributed by atoms with van der Waals surface area (Å²) in [7, 11) is 0. The van der Waals surface area contributed by atoms with E-state index in [0.717, 1.165) is 30.1 Å². The second kappa shape index (κ2) is 7.06. The summed E-state index contributed by atoms with van der Waals surface area (Å²) in [5.74, 6) is 0. The van der Waals surface area contributed by atoms with E-state index in [9.17, 15) is 0 Å². The van der Waals surface area contributed by atoms with Crippen LogP contribution in [-0.2, 0) is 10.2 Å². The molecule has 0 amide bonds. The van der Waals surface area contributed by atoms with Gasteiger partial charge in [0, 0.05) is 22.7 Å². The fraction of sp³-hybridized carbons (Fsp3) is 0.600. The second-order valence-corrected chi connectivity index (χ2v) is 6.21. The van der Waals surface area contributed by atoms with Gasteiger partial charge in [-0.15, -0.1) is 0 Å². The molecule has 1 unspecified atom stereocenters. The molecule has 0 N–H and O–H groups in total. The summed E-state index contributed by atoms with van der Waals surface area (Å²) in [6.07, 6.45) is 5.26. The molecular weight excluding hydrogens is 356 g/mol. The van der Waals surface area contributed by atoms with E-state index in [1.807, 2.05) is 0 Å². The Balaban J connectivity index is 2.06. The van der Waals surface area contributed by atoms with E-state index in [2.05, 4.69) is 62.2 Å². The highest BCUT2D eigenvalue weighted by atomic mass is 79.9. The summed E-state index contributed by atoms with van der Waals surface area (Å²) in [4.78, 5) is 0. The van der Waals surface area contributed by atoms with Gasteiger partial charge in [-0.1, -0.05) is 62.2 Å². The third-order valence-electron chi connectivity index (χ3n) is 3.87. The van der Waals surface area contributed by atoms with E-state index in [1.54, 1.807) is 0 Å². The summed E-state index contributed by atoms with van der Waals surface area (Å²) in [6.45, 7) is 0.950. The Bertz CT molecular complexity index is 343. The molecule has 1 aromatic rings. The van der Waals surface area contributed by atoms with Gasteiger partial charge in [0.25, 0.3) is 0 Å². The Morgan fingerprint density at radius 1 is 1.17 bits per heavy atom. The third kappa shape index (κ3) is 3.37. The van der Waals surface area contributed by atoms with Crippen molar-refractivity contribution in [2.75, 3.05) is 17.3 Å². The Morgan fingerprint density at radius 3 is 2.44 bits per heavy atom. The minimum Gasteiger partial charge on any atom is -0.378 e. The molecule has 18 heavy (non-hydrogen) atoms. The number of ether oxygens (including phenoxy) is 1. The predicted molar refractivity (Wildman–Crippen MR) is 83.9 cm³/mol. The average Bonchev–Trinajstić information content (AvgIpc) is 2.95. The van der Waals surface area contributed by atoms with Gasteiger partial charge in [0.1, 0.15) is 0 Å². The van der Waals surface area contributed by atoms with E-state index >= 15 is 0 Å². The summed E-state index contributed by atoms with van der Waals surface area (Å²) >= 11 is 7.42. The maximum Gasteiger partial charge on any atom is 0.0576 e. The van der Waals surface area contributed by atoms with E-state index in [0.29, 0.717) is 6.10 Å². The monoisotopic (exact) mass is 374 g/mol. The molecule has 1 atom stereocenters. The Morgan fingerprint density at radius 2 is 1.89 bits per heavy atom. The predicted octanol–water partition coefficient (Wildman–Crippen LogP) is 4.67. The fourth-order valence-electron chi connectivity index (χ4n) is 2.57. The van der Waals surface area contributed by atoms with Crippen LogP contribution in [0, 0.1) is 0 Å².